The van der Waals surface area contributed by atoms with Gasteiger partial charge in [-0.05, 0) is 24.3 Å². The van der Waals surface area contributed by atoms with Crippen molar-refractivity contribution in [2.24, 2.45) is 11.5 Å². The standard InChI is InChI=1S/C18H22FN7O2/c19-12-1-3-14(4-2-12)25-5-7-26(8-6-25)18-23-15(17(21)28)9-16(24-18)22-13(10-20)11-27/h1-4,9,11,13H,5-8,10,20H2,(H2,21,28)(H,22,23,24)/t13-/m0/s1. The zero-order valence-electron chi connectivity index (χ0n) is 15.2. The number of rotatable bonds is 7. The molecule has 28 heavy (non-hydrogen) atoms. The predicted octanol–water partition coefficient (Wildman–Crippen LogP) is -0.0207. The van der Waals surface area contributed by atoms with Crippen LogP contribution in [0.3, 0.4) is 0 Å². The monoisotopic (exact) mass is 387 g/mol. The molecule has 0 radical (unpaired) electrons. The highest BCUT2D eigenvalue weighted by Crippen LogP contribution is 2.20. The van der Waals surface area contributed by atoms with Crippen molar-refractivity contribution in [3.63, 3.8) is 0 Å². The number of amides is 1. The van der Waals surface area contributed by atoms with Crippen LogP contribution < -0.4 is 26.6 Å². The number of nitrogens with one attached hydrogen (secondary N) is 1. The first kappa shape index (κ1) is 19.5. The van der Waals surface area contributed by atoms with Crippen molar-refractivity contribution in [1.29, 1.82) is 0 Å². The van der Waals surface area contributed by atoms with Gasteiger partial charge in [0.05, 0.1) is 6.04 Å². The molecule has 1 fully saturated rings. The highest BCUT2D eigenvalue weighted by atomic mass is 19.1. The van der Waals surface area contributed by atoms with E-state index >= 15 is 0 Å². The van der Waals surface area contributed by atoms with Gasteiger partial charge in [0.2, 0.25) is 5.95 Å². The number of nitrogens with zero attached hydrogens (tertiary/aromatic N) is 4. The first-order valence-corrected chi connectivity index (χ1v) is 8.86. The molecule has 1 amide bonds. The number of aldehydes is 1. The number of carbonyl (C=O) groups excluding carboxylic acids is 2. The molecule has 1 aromatic carbocycles. The number of benzene rings is 1. The summed E-state index contributed by atoms with van der Waals surface area (Å²) >= 11 is 0. The number of aromatic nitrogens is 2. The van der Waals surface area contributed by atoms with Gasteiger partial charge in [-0.25, -0.2) is 9.37 Å². The number of piperazine rings is 1. The second-order valence-corrected chi connectivity index (χ2v) is 6.38. The van der Waals surface area contributed by atoms with E-state index in [-0.39, 0.29) is 18.1 Å². The number of nitrogens with two attached hydrogens (primary N) is 2. The van der Waals surface area contributed by atoms with E-state index < -0.39 is 11.9 Å². The quantitative estimate of drug-likeness (QED) is 0.565. The number of halogens is 1. The lowest BCUT2D eigenvalue weighted by Crippen LogP contribution is -2.47. The molecule has 1 aromatic heterocycles. The Morgan fingerprint density at radius 1 is 1.18 bits per heavy atom. The fourth-order valence-corrected chi connectivity index (χ4v) is 2.93. The molecule has 3 rings (SSSR count). The van der Waals surface area contributed by atoms with E-state index in [0.29, 0.717) is 44.2 Å². The van der Waals surface area contributed by atoms with Crippen molar-refractivity contribution in [3.8, 4) is 0 Å². The molecule has 1 aliphatic rings. The van der Waals surface area contributed by atoms with Crippen LogP contribution in [-0.2, 0) is 4.79 Å². The van der Waals surface area contributed by atoms with E-state index in [2.05, 4.69) is 20.2 Å². The van der Waals surface area contributed by atoms with E-state index in [0.717, 1.165) is 5.69 Å². The first-order chi connectivity index (χ1) is 13.5. The van der Waals surface area contributed by atoms with E-state index in [1.165, 1.54) is 18.2 Å². The van der Waals surface area contributed by atoms with Crippen molar-refractivity contribution >= 4 is 29.6 Å². The Hall–Kier alpha value is -3.27. The van der Waals surface area contributed by atoms with Crippen LogP contribution in [0.2, 0.25) is 0 Å². The molecule has 0 bridgehead atoms. The van der Waals surface area contributed by atoms with Crippen molar-refractivity contribution in [2.45, 2.75) is 6.04 Å². The zero-order chi connectivity index (χ0) is 20.1. The number of hydrogen-bond acceptors (Lipinski definition) is 8. The Kier molecular flexibility index (Phi) is 5.99. The number of carbonyl (C=O) groups is 2. The molecule has 2 heterocycles. The molecule has 1 atom stereocenters. The summed E-state index contributed by atoms with van der Waals surface area (Å²) in [6, 6.07) is 7.11. The average molecular weight is 387 g/mol. The molecule has 0 aliphatic carbocycles. The topological polar surface area (TPSA) is 130 Å². The second-order valence-electron chi connectivity index (χ2n) is 6.38. The summed E-state index contributed by atoms with van der Waals surface area (Å²) < 4.78 is 13.1. The van der Waals surface area contributed by atoms with Crippen LogP contribution in [0.25, 0.3) is 0 Å². The van der Waals surface area contributed by atoms with Crippen LogP contribution in [-0.4, -0.2) is 60.9 Å². The Morgan fingerprint density at radius 2 is 1.82 bits per heavy atom. The summed E-state index contributed by atoms with van der Waals surface area (Å²) in [4.78, 5) is 35.3. The van der Waals surface area contributed by atoms with Gasteiger partial charge in [-0.15, -0.1) is 0 Å². The molecule has 10 heteroatoms. The molecule has 148 valence electrons. The Balaban J connectivity index is 1.75. The minimum atomic E-state index is -0.688. The highest BCUT2D eigenvalue weighted by molar-refractivity contribution is 5.92. The van der Waals surface area contributed by atoms with Crippen molar-refractivity contribution in [1.82, 2.24) is 9.97 Å². The lowest BCUT2D eigenvalue weighted by Gasteiger charge is -2.36. The van der Waals surface area contributed by atoms with Gasteiger partial charge >= 0.3 is 0 Å². The molecular weight excluding hydrogens is 365 g/mol. The van der Waals surface area contributed by atoms with Crippen LogP contribution in [0.1, 0.15) is 10.5 Å². The van der Waals surface area contributed by atoms with E-state index in [4.69, 9.17) is 11.5 Å². The maximum atomic E-state index is 13.1. The fourth-order valence-electron chi connectivity index (χ4n) is 2.93. The molecule has 0 saturated carbocycles. The van der Waals surface area contributed by atoms with Crippen LogP contribution in [0.4, 0.5) is 21.8 Å². The summed E-state index contributed by atoms with van der Waals surface area (Å²) in [5.41, 5.74) is 11.9. The summed E-state index contributed by atoms with van der Waals surface area (Å²) in [5.74, 6) is -0.307. The molecular formula is C18H22FN7O2. The molecule has 5 N–H and O–H groups in total. The fraction of sp³-hybridized carbons (Fsp3) is 0.333. The third kappa shape index (κ3) is 4.52. The van der Waals surface area contributed by atoms with E-state index in [1.54, 1.807) is 12.1 Å². The third-order valence-corrected chi connectivity index (χ3v) is 4.47. The highest BCUT2D eigenvalue weighted by Gasteiger charge is 2.21. The maximum Gasteiger partial charge on any atom is 0.267 e. The van der Waals surface area contributed by atoms with Gasteiger partial charge in [0.15, 0.2) is 0 Å². The van der Waals surface area contributed by atoms with E-state index in [1.807, 2.05) is 4.90 Å². The van der Waals surface area contributed by atoms with Gasteiger partial charge in [0.25, 0.3) is 5.91 Å². The van der Waals surface area contributed by atoms with Gasteiger partial charge < -0.3 is 31.4 Å². The van der Waals surface area contributed by atoms with Gasteiger partial charge in [-0.3, -0.25) is 4.79 Å². The Labute approximate surface area is 161 Å². The minimum absolute atomic E-state index is 0.0511. The summed E-state index contributed by atoms with van der Waals surface area (Å²) in [7, 11) is 0. The van der Waals surface area contributed by atoms with E-state index in [9.17, 15) is 14.0 Å². The average Bonchev–Trinajstić information content (AvgIpc) is 2.72. The number of hydrogen-bond donors (Lipinski definition) is 3. The van der Waals surface area contributed by atoms with Crippen molar-refractivity contribution in [2.75, 3.05) is 47.8 Å². The van der Waals surface area contributed by atoms with Crippen LogP contribution in [0.5, 0.6) is 0 Å². The Morgan fingerprint density at radius 3 is 2.39 bits per heavy atom. The van der Waals surface area contributed by atoms with Crippen LogP contribution in [0, 0.1) is 5.82 Å². The zero-order valence-corrected chi connectivity index (χ0v) is 15.2. The SMILES string of the molecule is NC[C@@H](C=O)Nc1cc(C(N)=O)nc(N2CCN(c3ccc(F)cc3)CC2)n1. The second kappa shape index (κ2) is 8.61. The lowest BCUT2D eigenvalue weighted by atomic mass is 10.2. The molecule has 2 aromatic rings. The van der Waals surface area contributed by atoms with Gasteiger partial charge in [-0.2, -0.15) is 4.98 Å². The maximum absolute atomic E-state index is 13.1. The van der Waals surface area contributed by atoms with Gasteiger partial charge in [0, 0.05) is 44.5 Å². The normalized spacial score (nSPS) is 15.2. The minimum Gasteiger partial charge on any atom is -0.368 e. The van der Waals surface area contributed by atoms with Gasteiger partial charge in [-0.1, -0.05) is 0 Å². The number of anilines is 3. The molecule has 1 aliphatic heterocycles. The predicted molar refractivity (Wildman–Crippen MR) is 104 cm³/mol. The molecule has 9 nitrogen and oxygen atoms in total. The van der Waals surface area contributed by atoms with Crippen LogP contribution >= 0.6 is 0 Å². The largest absolute Gasteiger partial charge is 0.368 e. The van der Waals surface area contributed by atoms with Crippen molar-refractivity contribution in [3.05, 3.63) is 41.8 Å². The molecule has 0 unspecified atom stereocenters. The number of primary amides is 1. The van der Waals surface area contributed by atoms with Gasteiger partial charge in [0.1, 0.15) is 23.6 Å². The first-order valence-electron chi connectivity index (χ1n) is 8.86. The Bertz CT molecular complexity index is 838. The molecule has 0 spiro atoms. The lowest BCUT2D eigenvalue weighted by molar-refractivity contribution is -0.108. The van der Waals surface area contributed by atoms with Crippen molar-refractivity contribution < 1.29 is 14.0 Å². The summed E-state index contributed by atoms with van der Waals surface area (Å²) in [6.45, 7) is 2.65. The smallest absolute Gasteiger partial charge is 0.267 e. The summed E-state index contributed by atoms with van der Waals surface area (Å²) in [5, 5.41) is 2.87. The molecule has 1 saturated heterocycles. The summed E-state index contributed by atoms with van der Waals surface area (Å²) in [6.07, 6.45) is 0.674. The van der Waals surface area contributed by atoms with Crippen LogP contribution in [0.15, 0.2) is 30.3 Å². The third-order valence-electron chi connectivity index (χ3n) is 4.47.